The molecule has 4 heteroatoms. The van der Waals surface area contributed by atoms with Gasteiger partial charge in [0.15, 0.2) is 5.78 Å². The van der Waals surface area contributed by atoms with Crippen LogP contribution >= 0.6 is 34.2 Å². The van der Waals surface area contributed by atoms with Gasteiger partial charge in [0.05, 0.1) is 6.54 Å². The minimum Gasteiger partial charge on any atom is -0.378 e. The Kier molecular flexibility index (Phi) is 4.60. The maximum Gasteiger partial charge on any atom is 0.181 e. The Morgan fingerprint density at radius 1 is 1.06 bits per heavy atom. The van der Waals surface area contributed by atoms with Gasteiger partial charge in [-0.3, -0.25) is 4.79 Å². The van der Waals surface area contributed by atoms with Crippen molar-refractivity contribution in [2.75, 3.05) is 11.9 Å². The minimum absolute atomic E-state index is 0.0465. The van der Waals surface area contributed by atoms with Crippen molar-refractivity contribution in [1.29, 1.82) is 0 Å². The fourth-order valence-electron chi connectivity index (χ4n) is 1.49. The molecular formula is C14H11ClINO. The average Bonchev–Trinajstić information content (AvgIpc) is 2.38. The first-order valence-corrected chi connectivity index (χ1v) is 6.89. The van der Waals surface area contributed by atoms with E-state index in [2.05, 4.69) is 27.9 Å². The van der Waals surface area contributed by atoms with Gasteiger partial charge in [0.1, 0.15) is 0 Å². The van der Waals surface area contributed by atoms with E-state index in [9.17, 15) is 4.79 Å². The van der Waals surface area contributed by atoms with Gasteiger partial charge in [-0.05, 0) is 71.1 Å². The highest BCUT2D eigenvalue weighted by atomic mass is 127. The number of halogens is 2. The molecule has 0 unspecified atom stereocenters. The topological polar surface area (TPSA) is 29.1 Å². The van der Waals surface area contributed by atoms with E-state index >= 15 is 0 Å². The minimum atomic E-state index is 0.0465. The predicted octanol–water partition coefficient (Wildman–Crippen LogP) is 4.24. The van der Waals surface area contributed by atoms with E-state index in [0.717, 1.165) is 5.69 Å². The van der Waals surface area contributed by atoms with E-state index in [4.69, 9.17) is 11.6 Å². The molecule has 0 aliphatic carbocycles. The van der Waals surface area contributed by atoms with Crippen LogP contribution in [0, 0.1) is 3.57 Å². The summed E-state index contributed by atoms with van der Waals surface area (Å²) in [6.45, 7) is 0.280. The van der Waals surface area contributed by atoms with E-state index in [1.807, 2.05) is 24.3 Å². The van der Waals surface area contributed by atoms with Crippen LogP contribution in [0.15, 0.2) is 48.5 Å². The van der Waals surface area contributed by atoms with Crippen LogP contribution in [-0.2, 0) is 0 Å². The van der Waals surface area contributed by atoms with Crippen LogP contribution in [0.4, 0.5) is 5.69 Å². The van der Waals surface area contributed by atoms with Gasteiger partial charge < -0.3 is 5.32 Å². The third kappa shape index (κ3) is 3.71. The lowest BCUT2D eigenvalue weighted by Gasteiger charge is -2.06. The van der Waals surface area contributed by atoms with Crippen molar-refractivity contribution in [3.8, 4) is 0 Å². The zero-order chi connectivity index (χ0) is 13.0. The molecule has 0 fully saturated rings. The fraction of sp³-hybridized carbons (Fsp3) is 0.0714. The summed E-state index contributed by atoms with van der Waals surface area (Å²) >= 11 is 8.02. The van der Waals surface area contributed by atoms with Crippen LogP contribution in [-0.4, -0.2) is 12.3 Å². The molecule has 0 aromatic heterocycles. The lowest BCUT2D eigenvalue weighted by Crippen LogP contribution is -2.13. The number of anilines is 1. The molecule has 0 spiro atoms. The molecule has 2 aromatic carbocycles. The summed E-state index contributed by atoms with van der Waals surface area (Å²) in [7, 11) is 0. The quantitative estimate of drug-likeness (QED) is 0.643. The van der Waals surface area contributed by atoms with Gasteiger partial charge in [-0.2, -0.15) is 0 Å². The second kappa shape index (κ2) is 6.20. The van der Waals surface area contributed by atoms with Crippen LogP contribution in [0.1, 0.15) is 10.4 Å². The summed E-state index contributed by atoms with van der Waals surface area (Å²) in [6.07, 6.45) is 0. The highest BCUT2D eigenvalue weighted by Gasteiger charge is 2.05. The van der Waals surface area contributed by atoms with Gasteiger partial charge in [-0.1, -0.05) is 11.6 Å². The number of hydrogen-bond donors (Lipinski definition) is 1. The van der Waals surface area contributed by atoms with Crippen molar-refractivity contribution in [3.05, 3.63) is 62.7 Å². The van der Waals surface area contributed by atoms with E-state index in [1.165, 1.54) is 3.57 Å². The molecular weight excluding hydrogens is 361 g/mol. The van der Waals surface area contributed by atoms with Crippen LogP contribution in [0.25, 0.3) is 0 Å². The molecule has 0 radical (unpaired) electrons. The first-order chi connectivity index (χ1) is 8.65. The molecule has 0 bridgehead atoms. The van der Waals surface area contributed by atoms with Crippen LogP contribution in [0.3, 0.4) is 0 Å². The molecule has 0 aliphatic heterocycles. The SMILES string of the molecule is O=C(CNc1ccc(I)cc1)c1ccc(Cl)cc1. The van der Waals surface area contributed by atoms with Crippen LogP contribution in [0.2, 0.25) is 5.02 Å². The Balaban J connectivity index is 1.96. The summed E-state index contributed by atoms with van der Waals surface area (Å²) in [4.78, 5) is 11.9. The first-order valence-electron chi connectivity index (χ1n) is 5.43. The molecule has 2 rings (SSSR count). The summed E-state index contributed by atoms with van der Waals surface area (Å²) in [5.41, 5.74) is 1.61. The number of Topliss-reactive ketones (excluding diaryl/α,β-unsaturated/α-hetero) is 1. The van der Waals surface area contributed by atoms with Crippen molar-refractivity contribution >= 4 is 45.7 Å². The lowest BCUT2D eigenvalue weighted by atomic mass is 10.1. The molecule has 0 aliphatic rings. The smallest absolute Gasteiger partial charge is 0.181 e. The van der Waals surface area contributed by atoms with Gasteiger partial charge in [0.2, 0.25) is 0 Å². The Labute approximate surface area is 124 Å². The van der Waals surface area contributed by atoms with Crippen molar-refractivity contribution in [1.82, 2.24) is 0 Å². The Hall–Kier alpha value is -1.07. The summed E-state index contributed by atoms with van der Waals surface area (Å²) in [5.74, 6) is 0.0465. The standard InChI is InChI=1S/C14H11ClINO/c15-11-3-1-10(2-4-11)14(18)9-17-13-7-5-12(16)6-8-13/h1-8,17H,9H2. The number of carbonyl (C=O) groups excluding carboxylic acids is 1. The van der Waals surface area contributed by atoms with E-state index in [1.54, 1.807) is 24.3 Å². The highest BCUT2D eigenvalue weighted by Crippen LogP contribution is 2.12. The van der Waals surface area contributed by atoms with Crippen molar-refractivity contribution in [3.63, 3.8) is 0 Å². The number of carbonyl (C=O) groups is 1. The van der Waals surface area contributed by atoms with E-state index in [0.29, 0.717) is 10.6 Å². The maximum absolute atomic E-state index is 11.9. The van der Waals surface area contributed by atoms with Gasteiger partial charge in [0, 0.05) is 19.8 Å². The summed E-state index contributed by atoms with van der Waals surface area (Å²) in [5, 5.41) is 3.74. The van der Waals surface area contributed by atoms with Gasteiger partial charge in [-0.15, -0.1) is 0 Å². The molecule has 0 atom stereocenters. The summed E-state index contributed by atoms with van der Waals surface area (Å²) < 4.78 is 1.17. The van der Waals surface area contributed by atoms with Crippen LogP contribution < -0.4 is 5.32 Å². The fourth-order valence-corrected chi connectivity index (χ4v) is 1.97. The van der Waals surface area contributed by atoms with Crippen molar-refractivity contribution in [2.24, 2.45) is 0 Å². The number of hydrogen-bond acceptors (Lipinski definition) is 2. The largest absolute Gasteiger partial charge is 0.378 e. The number of nitrogens with one attached hydrogen (secondary N) is 1. The second-order valence-corrected chi connectivity index (χ2v) is 5.47. The van der Waals surface area contributed by atoms with E-state index < -0.39 is 0 Å². The highest BCUT2D eigenvalue weighted by molar-refractivity contribution is 14.1. The Bertz CT molecular complexity index is 537. The average molecular weight is 372 g/mol. The predicted molar refractivity (Wildman–Crippen MR) is 83.4 cm³/mol. The molecule has 0 saturated heterocycles. The third-order valence-corrected chi connectivity index (χ3v) is 3.43. The third-order valence-electron chi connectivity index (χ3n) is 2.46. The number of rotatable bonds is 4. The zero-order valence-corrected chi connectivity index (χ0v) is 12.4. The van der Waals surface area contributed by atoms with Crippen molar-refractivity contribution < 1.29 is 4.79 Å². The Morgan fingerprint density at radius 3 is 2.28 bits per heavy atom. The molecule has 0 saturated carbocycles. The molecule has 2 aromatic rings. The van der Waals surface area contributed by atoms with Crippen molar-refractivity contribution in [2.45, 2.75) is 0 Å². The molecule has 1 N–H and O–H groups in total. The summed E-state index contributed by atoms with van der Waals surface area (Å²) in [6, 6.07) is 14.8. The molecule has 2 nitrogen and oxygen atoms in total. The van der Waals surface area contributed by atoms with Gasteiger partial charge >= 0.3 is 0 Å². The monoisotopic (exact) mass is 371 g/mol. The van der Waals surface area contributed by atoms with Gasteiger partial charge in [-0.25, -0.2) is 0 Å². The molecule has 0 amide bonds. The number of benzene rings is 2. The normalized spacial score (nSPS) is 10.1. The Morgan fingerprint density at radius 2 is 1.67 bits per heavy atom. The van der Waals surface area contributed by atoms with E-state index in [-0.39, 0.29) is 12.3 Å². The second-order valence-electron chi connectivity index (χ2n) is 3.79. The zero-order valence-electron chi connectivity index (χ0n) is 9.49. The van der Waals surface area contributed by atoms with Crippen LogP contribution in [0.5, 0.6) is 0 Å². The molecule has 18 heavy (non-hydrogen) atoms. The lowest BCUT2D eigenvalue weighted by molar-refractivity contribution is 0.101. The number of ketones is 1. The first kappa shape index (κ1) is 13.4. The molecule has 92 valence electrons. The maximum atomic E-state index is 11.9. The van der Waals surface area contributed by atoms with Gasteiger partial charge in [0.25, 0.3) is 0 Å². The molecule has 0 heterocycles.